The van der Waals surface area contributed by atoms with Gasteiger partial charge in [-0.05, 0) is 44.2 Å². The van der Waals surface area contributed by atoms with Gasteiger partial charge in [-0.1, -0.05) is 33.6 Å². The Kier molecular flexibility index (Phi) is 4.87. The Labute approximate surface area is 107 Å². The van der Waals surface area contributed by atoms with Crippen molar-refractivity contribution in [1.82, 2.24) is 10.2 Å². The minimum Gasteiger partial charge on any atom is -0.314 e. The van der Waals surface area contributed by atoms with E-state index in [0.717, 1.165) is 17.9 Å². The van der Waals surface area contributed by atoms with Crippen molar-refractivity contribution < 1.29 is 0 Å². The van der Waals surface area contributed by atoms with Crippen LogP contribution in [0.4, 0.5) is 0 Å². The molecule has 0 bridgehead atoms. The molecule has 1 saturated carbocycles. The first-order chi connectivity index (χ1) is 8.19. The summed E-state index contributed by atoms with van der Waals surface area (Å²) in [5.41, 5.74) is 0. The van der Waals surface area contributed by atoms with Crippen LogP contribution in [0.5, 0.6) is 0 Å². The molecule has 2 rings (SSSR count). The predicted octanol–water partition coefficient (Wildman–Crippen LogP) is 2.89. The second-order valence-corrected chi connectivity index (χ2v) is 6.45. The number of likely N-dealkylation sites (tertiary alicyclic amines) is 1. The van der Waals surface area contributed by atoms with Crippen LogP contribution in [0, 0.1) is 11.8 Å². The Morgan fingerprint density at radius 1 is 1.18 bits per heavy atom. The zero-order valence-electron chi connectivity index (χ0n) is 11.9. The maximum Gasteiger partial charge on any atom is 0.00953 e. The maximum atomic E-state index is 3.59. The van der Waals surface area contributed by atoms with Gasteiger partial charge in [-0.2, -0.15) is 0 Å². The molecule has 0 amide bonds. The van der Waals surface area contributed by atoms with Crippen LogP contribution in [-0.4, -0.2) is 36.6 Å². The number of hydrogen-bond donors (Lipinski definition) is 1. The molecule has 0 aromatic rings. The van der Waals surface area contributed by atoms with Crippen LogP contribution in [0.15, 0.2) is 0 Å². The molecule has 1 saturated heterocycles. The second-order valence-electron chi connectivity index (χ2n) is 6.45. The van der Waals surface area contributed by atoms with Crippen molar-refractivity contribution in [1.29, 1.82) is 0 Å². The lowest BCUT2D eigenvalue weighted by molar-refractivity contribution is 0.208. The molecule has 0 spiro atoms. The van der Waals surface area contributed by atoms with E-state index in [1.54, 1.807) is 0 Å². The van der Waals surface area contributed by atoms with Crippen molar-refractivity contribution in [2.24, 2.45) is 11.8 Å². The molecule has 2 heteroatoms. The monoisotopic (exact) mass is 238 g/mol. The van der Waals surface area contributed by atoms with E-state index >= 15 is 0 Å². The Morgan fingerprint density at radius 3 is 2.53 bits per heavy atom. The lowest BCUT2D eigenvalue weighted by atomic mass is 10.1. The van der Waals surface area contributed by atoms with Gasteiger partial charge in [0.15, 0.2) is 0 Å². The van der Waals surface area contributed by atoms with E-state index in [1.165, 1.54) is 51.7 Å². The molecule has 0 aromatic heterocycles. The van der Waals surface area contributed by atoms with Crippen LogP contribution in [-0.2, 0) is 0 Å². The van der Waals surface area contributed by atoms with Gasteiger partial charge in [-0.25, -0.2) is 0 Å². The smallest absolute Gasteiger partial charge is 0.00953 e. The van der Waals surface area contributed by atoms with Crippen LogP contribution in [0.2, 0.25) is 0 Å². The second kappa shape index (κ2) is 6.19. The van der Waals surface area contributed by atoms with Gasteiger partial charge in [-0.3, -0.25) is 0 Å². The van der Waals surface area contributed by atoms with E-state index in [-0.39, 0.29) is 0 Å². The highest BCUT2D eigenvalue weighted by Crippen LogP contribution is 2.36. The van der Waals surface area contributed by atoms with Gasteiger partial charge in [0.1, 0.15) is 0 Å². The summed E-state index contributed by atoms with van der Waals surface area (Å²) >= 11 is 0. The van der Waals surface area contributed by atoms with E-state index in [4.69, 9.17) is 0 Å². The SMILES string of the molecule is CCC(CC1CC1)N1CCC(CNC(C)C)C1. The van der Waals surface area contributed by atoms with Crippen LogP contribution in [0.1, 0.15) is 52.9 Å². The van der Waals surface area contributed by atoms with Crippen LogP contribution in [0.25, 0.3) is 0 Å². The molecule has 2 fully saturated rings. The number of nitrogens with zero attached hydrogens (tertiary/aromatic N) is 1. The first-order valence-corrected chi connectivity index (χ1v) is 7.66. The first kappa shape index (κ1) is 13.4. The Balaban J connectivity index is 1.71. The van der Waals surface area contributed by atoms with Gasteiger partial charge < -0.3 is 10.2 Å². The number of hydrogen-bond acceptors (Lipinski definition) is 2. The summed E-state index contributed by atoms with van der Waals surface area (Å²) in [4.78, 5) is 2.77. The van der Waals surface area contributed by atoms with Gasteiger partial charge in [0.05, 0.1) is 0 Å². The highest BCUT2D eigenvalue weighted by atomic mass is 15.2. The average molecular weight is 238 g/mol. The molecule has 1 N–H and O–H groups in total. The fourth-order valence-corrected chi connectivity index (χ4v) is 3.08. The van der Waals surface area contributed by atoms with Crippen LogP contribution < -0.4 is 5.32 Å². The third-order valence-corrected chi connectivity index (χ3v) is 4.42. The predicted molar refractivity (Wildman–Crippen MR) is 74.2 cm³/mol. The molecular weight excluding hydrogens is 208 g/mol. The van der Waals surface area contributed by atoms with Gasteiger partial charge in [0.25, 0.3) is 0 Å². The molecule has 100 valence electrons. The van der Waals surface area contributed by atoms with Crippen molar-refractivity contribution in [3.63, 3.8) is 0 Å². The molecule has 0 aromatic carbocycles. The molecule has 2 aliphatic rings. The molecule has 1 aliphatic carbocycles. The minimum absolute atomic E-state index is 0.637. The van der Waals surface area contributed by atoms with Gasteiger partial charge >= 0.3 is 0 Å². The largest absolute Gasteiger partial charge is 0.314 e. The fraction of sp³-hybridized carbons (Fsp3) is 1.00. The topological polar surface area (TPSA) is 15.3 Å². The molecule has 1 aliphatic heterocycles. The summed E-state index contributed by atoms with van der Waals surface area (Å²) in [7, 11) is 0. The van der Waals surface area contributed by atoms with E-state index < -0.39 is 0 Å². The standard InChI is InChI=1S/C15H30N2/c1-4-15(9-13-5-6-13)17-8-7-14(11-17)10-16-12(2)3/h12-16H,4-11H2,1-3H3. The van der Waals surface area contributed by atoms with Crippen molar-refractivity contribution in [3.05, 3.63) is 0 Å². The third-order valence-electron chi connectivity index (χ3n) is 4.42. The van der Waals surface area contributed by atoms with Crippen LogP contribution in [0.3, 0.4) is 0 Å². The zero-order valence-corrected chi connectivity index (χ0v) is 11.9. The maximum absolute atomic E-state index is 3.59. The summed E-state index contributed by atoms with van der Waals surface area (Å²) < 4.78 is 0. The summed E-state index contributed by atoms with van der Waals surface area (Å²) in [6, 6.07) is 1.52. The summed E-state index contributed by atoms with van der Waals surface area (Å²) in [5.74, 6) is 1.97. The molecule has 2 unspecified atom stereocenters. The zero-order chi connectivity index (χ0) is 12.3. The van der Waals surface area contributed by atoms with Gasteiger partial charge in [-0.15, -0.1) is 0 Å². The molecule has 1 heterocycles. The molecule has 2 nitrogen and oxygen atoms in total. The van der Waals surface area contributed by atoms with Gasteiger partial charge in [0.2, 0.25) is 0 Å². The van der Waals surface area contributed by atoms with E-state index in [9.17, 15) is 0 Å². The minimum atomic E-state index is 0.637. The highest BCUT2D eigenvalue weighted by Gasteiger charge is 2.31. The lowest BCUT2D eigenvalue weighted by Crippen LogP contribution is -2.35. The van der Waals surface area contributed by atoms with E-state index in [2.05, 4.69) is 31.0 Å². The normalized spacial score (nSPS) is 27.9. The van der Waals surface area contributed by atoms with Crippen molar-refractivity contribution in [3.8, 4) is 0 Å². The number of nitrogens with one attached hydrogen (secondary N) is 1. The number of rotatable bonds is 7. The highest BCUT2D eigenvalue weighted by molar-refractivity contribution is 4.86. The Bertz CT molecular complexity index is 223. The molecule has 2 atom stereocenters. The van der Waals surface area contributed by atoms with E-state index in [1.807, 2.05) is 0 Å². The van der Waals surface area contributed by atoms with Gasteiger partial charge in [0, 0.05) is 18.6 Å². The molecule has 0 radical (unpaired) electrons. The molecule has 17 heavy (non-hydrogen) atoms. The fourth-order valence-electron chi connectivity index (χ4n) is 3.08. The quantitative estimate of drug-likeness (QED) is 0.733. The average Bonchev–Trinajstić information content (AvgIpc) is 3.00. The van der Waals surface area contributed by atoms with E-state index in [0.29, 0.717) is 6.04 Å². The Morgan fingerprint density at radius 2 is 1.94 bits per heavy atom. The Hall–Kier alpha value is -0.0800. The van der Waals surface area contributed by atoms with Crippen LogP contribution >= 0.6 is 0 Å². The molecular formula is C15H30N2. The summed E-state index contributed by atoms with van der Waals surface area (Å²) in [6.45, 7) is 10.8. The lowest BCUT2D eigenvalue weighted by Gasteiger charge is -2.27. The van der Waals surface area contributed by atoms with Crippen molar-refractivity contribution in [2.45, 2.75) is 65.0 Å². The summed E-state index contributed by atoms with van der Waals surface area (Å²) in [5, 5.41) is 3.59. The van der Waals surface area contributed by atoms with Crippen molar-refractivity contribution >= 4 is 0 Å². The first-order valence-electron chi connectivity index (χ1n) is 7.66. The third kappa shape index (κ3) is 4.26. The summed E-state index contributed by atoms with van der Waals surface area (Å²) in [6.07, 6.45) is 7.23. The van der Waals surface area contributed by atoms with Crippen molar-refractivity contribution in [2.75, 3.05) is 19.6 Å².